The maximum atomic E-state index is 11.7. The quantitative estimate of drug-likeness (QED) is 0.387. The summed E-state index contributed by atoms with van der Waals surface area (Å²) in [6.07, 6.45) is 0. The van der Waals surface area contributed by atoms with Crippen LogP contribution < -0.4 is 5.73 Å². The van der Waals surface area contributed by atoms with E-state index in [1.165, 1.54) is 11.8 Å². The fourth-order valence-corrected chi connectivity index (χ4v) is 1.95. The number of para-hydroxylation sites is 1. The van der Waals surface area contributed by atoms with Crippen molar-refractivity contribution < 1.29 is 4.79 Å². The number of hydrogen-bond acceptors (Lipinski definition) is 3. The molecule has 0 aromatic heterocycles. The third-order valence-electron chi connectivity index (χ3n) is 2.28. The summed E-state index contributed by atoms with van der Waals surface area (Å²) in [5.41, 5.74) is 7.05. The van der Waals surface area contributed by atoms with Crippen molar-refractivity contribution in [1.82, 2.24) is 0 Å². The summed E-state index contributed by atoms with van der Waals surface area (Å²) in [5.74, 6) is 2.41. The Kier molecular flexibility index (Phi) is 4.06. The minimum Gasteiger partial charge on any atom is -0.398 e. The van der Waals surface area contributed by atoms with Crippen LogP contribution in [0.1, 0.15) is 10.4 Å². The molecule has 3 heteroatoms. The molecule has 0 unspecified atom stereocenters. The van der Waals surface area contributed by atoms with Crippen LogP contribution in [0.2, 0.25) is 0 Å². The minimum absolute atomic E-state index is 0.183. The lowest BCUT2D eigenvalue weighted by Crippen LogP contribution is -1.93. The number of anilines is 1. The van der Waals surface area contributed by atoms with E-state index < -0.39 is 0 Å². The van der Waals surface area contributed by atoms with Crippen molar-refractivity contribution >= 4 is 23.2 Å². The molecule has 0 bridgehead atoms. The number of ketones is 1. The van der Waals surface area contributed by atoms with Gasteiger partial charge < -0.3 is 5.73 Å². The monoisotopic (exact) mass is 253 g/mol. The van der Waals surface area contributed by atoms with E-state index in [4.69, 9.17) is 5.73 Å². The van der Waals surface area contributed by atoms with Crippen LogP contribution in [0.3, 0.4) is 0 Å². The Bertz CT molecular complexity index is 611. The van der Waals surface area contributed by atoms with E-state index >= 15 is 0 Å². The maximum absolute atomic E-state index is 11.7. The first kappa shape index (κ1) is 12.3. The van der Waals surface area contributed by atoms with Gasteiger partial charge in [0, 0.05) is 16.1 Å². The second-order valence-electron chi connectivity index (χ2n) is 3.56. The minimum atomic E-state index is -0.183. The molecule has 0 aliphatic rings. The molecule has 0 spiro atoms. The van der Waals surface area contributed by atoms with Crippen LogP contribution in [-0.2, 0) is 0 Å². The maximum Gasteiger partial charge on any atom is 0.236 e. The van der Waals surface area contributed by atoms with E-state index in [0.29, 0.717) is 11.3 Å². The molecule has 0 aliphatic heterocycles. The molecule has 0 aliphatic carbocycles. The first-order valence-electron chi connectivity index (χ1n) is 5.39. The number of carbonyl (C=O) groups is 1. The molecule has 2 N–H and O–H groups in total. The predicted octanol–water partition coefficient (Wildman–Crippen LogP) is 3.20. The van der Waals surface area contributed by atoms with Crippen LogP contribution in [-0.4, -0.2) is 5.78 Å². The highest BCUT2D eigenvalue weighted by Gasteiger charge is 2.00. The van der Waals surface area contributed by atoms with E-state index in [1.54, 1.807) is 12.1 Å². The molecular weight excluding hydrogens is 242 g/mol. The molecule has 0 saturated heterocycles. The van der Waals surface area contributed by atoms with Crippen molar-refractivity contribution in [2.75, 3.05) is 5.73 Å². The number of Topliss-reactive ketones (excluding diaryl/α,β-unsaturated/α-hetero) is 1. The zero-order valence-electron chi connectivity index (χ0n) is 9.59. The Labute approximate surface area is 110 Å². The van der Waals surface area contributed by atoms with Gasteiger partial charge in [-0.1, -0.05) is 42.5 Å². The highest BCUT2D eigenvalue weighted by Crippen LogP contribution is 2.22. The Morgan fingerprint density at radius 1 is 1.00 bits per heavy atom. The Hall–Kier alpha value is -2.18. The molecule has 0 radical (unpaired) electrons. The van der Waals surface area contributed by atoms with Gasteiger partial charge in [-0.15, -0.1) is 0 Å². The summed E-state index contributed by atoms with van der Waals surface area (Å²) < 4.78 is 0. The number of thioether (sulfide) groups is 1. The summed E-state index contributed by atoms with van der Waals surface area (Å²) in [6, 6.07) is 16.4. The van der Waals surface area contributed by atoms with Crippen LogP contribution in [0.5, 0.6) is 0 Å². The van der Waals surface area contributed by atoms with Gasteiger partial charge >= 0.3 is 0 Å². The van der Waals surface area contributed by atoms with Gasteiger partial charge in [-0.05, 0) is 35.1 Å². The average molecular weight is 253 g/mol. The van der Waals surface area contributed by atoms with E-state index in [0.717, 1.165) is 4.90 Å². The molecule has 0 heterocycles. The van der Waals surface area contributed by atoms with Gasteiger partial charge in [-0.2, -0.15) is 0 Å². The van der Waals surface area contributed by atoms with Crippen LogP contribution in [0, 0.1) is 11.2 Å². The van der Waals surface area contributed by atoms with E-state index in [2.05, 4.69) is 11.2 Å². The molecule has 2 aromatic rings. The van der Waals surface area contributed by atoms with Crippen molar-refractivity contribution in [3.05, 3.63) is 60.2 Å². The summed E-state index contributed by atoms with van der Waals surface area (Å²) in [7, 11) is 0. The SMILES string of the molecule is Nc1ccccc1SC#CC(=O)c1ccccc1. The predicted molar refractivity (Wildman–Crippen MR) is 75.3 cm³/mol. The smallest absolute Gasteiger partial charge is 0.236 e. The molecule has 0 amide bonds. The van der Waals surface area contributed by atoms with Gasteiger partial charge in [-0.3, -0.25) is 4.79 Å². The molecule has 2 nitrogen and oxygen atoms in total. The summed E-state index contributed by atoms with van der Waals surface area (Å²) in [5, 5.41) is 2.78. The molecule has 0 fully saturated rings. The highest BCUT2D eigenvalue weighted by atomic mass is 32.2. The second-order valence-corrected chi connectivity index (χ2v) is 4.41. The fourth-order valence-electron chi connectivity index (χ4n) is 1.36. The summed E-state index contributed by atoms with van der Waals surface area (Å²) in [4.78, 5) is 12.6. The van der Waals surface area contributed by atoms with Gasteiger partial charge in [0.15, 0.2) is 0 Å². The topological polar surface area (TPSA) is 43.1 Å². The van der Waals surface area contributed by atoms with Gasteiger partial charge in [-0.25, -0.2) is 0 Å². The highest BCUT2D eigenvalue weighted by molar-refractivity contribution is 8.04. The molecule has 0 saturated carbocycles. The first-order valence-corrected chi connectivity index (χ1v) is 6.21. The normalized spacial score (nSPS) is 9.33. The van der Waals surface area contributed by atoms with E-state index in [-0.39, 0.29) is 5.78 Å². The third-order valence-corrected chi connectivity index (χ3v) is 3.08. The standard InChI is InChI=1S/C15H11NOS/c16-13-8-4-5-9-15(13)18-11-10-14(17)12-6-2-1-3-7-12/h1-9H,16H2. The molecular formula is C15H11NOS. The number of rotatable bonds is 2. The fraction of sp³-hybridized carbons (Fsp3) is 0. The summed E-state index contributed by atoms with van der Waals surface area (Å²) in [6.45, 7) is 0. The van der Waals surface area contributed by atoms with Crippen molar-refractivity contribution in [2.45, 2.75) is 4.90 Å². The third kappa shape index (κ3) is 3.16. The van der Waals surface area contributed by atoms with Gasteiger partial charge in [0.2, 0.25) is 5.78 Å². The first-order chi connectivity index (χ1) is 8.77. The largest absolute Gasteiger partial charge is 0.398 e. The van der Waals surface area contributed by atoms with Crippen molar-refractivity contribution in [3.8, 4) is 11.2 Å². The lowest BCUT2D eigenvalue weighted by Gasteiger charge is -1.97. The number of nitrogen functional groups attached to an aromatic ring is 1. The van der Waals surface area contributed by atoms with Crippen LogP contribution >= 0.6 is 11.8 Å². The van der Waals surface area contributed by atoms with Crippen LogP contribution in [0.25, 0.3) is 0 Å². The lowest BCUT2D eigenvalue weighted by molar-refractivity contribution is 0.105. The Balaban J connectivity index is 2.06. The van der Waals surface area contributed by atoms with Gasteiger partial charge in [0.25, 0.3) is 0 Å². The number of nitrogens with two attached hydrogens (primary N) is 1. The Morgan fingerprint density at radius 3 is 2.39 bits per heavy atom. The molecule has 18 heavy (non-hydrogen) atoms. The number of hydrogen-bond donors (Lipinski definition) is 1. The molecule has 2 rings (SSSR count). The summed E-state index contributed by atoms with van der Waals surface area (Å²) >= 11 is 1.26. The van der Waals surface area contributed by atoms with E-state index in [9.17, 15) is 4.79 Å². The van der Waals surface area contributed by atoms with E-state index in [1.807, 2.05) is 42.5 Å². The number of benzene rings is 2. The van der Waals surface area contributed by atoms with Gasteiger partial charge in [0.05, 0.1) is 0 Å². The second kappa shape index (κ2) is 5.95. The zero-order chi connectivity index (χ0) is 12.8. The van der Waals surface area contributed by atoms with Crippen molar-refractivity contribution in [3.63, 3.8) is 0 Å². The van der Waals surface area contributed by atoms with Crippen LogP contribution in [0.4, 0.5) is 5.69 Å². The number of carbonyl (C=O) groups excluding carboxylic acids is 1. The van der Waals surface area contributed by atoms with Crippen LogP contribution in [0.15, 0.2) is 59.5 Å². The Morgan fingerprint density at radius 2 is 1.67 bits per heavy atom. The van der Waals surface area contributed by atoms with Crippen molar-refractivity contribution in [1.29, 1.82) is 0 Å². The average Bonchev–Trinajstić information content (AvgIpc) is 2.42. The lowest BCUT2D eigenvalue weighted by atomic mass is 10.1. The molecule has 88 valence electrons. The molecule has 2 aromatic carbocycles. The van der Waals surface area contributed by atoms with Crippen molar-refractivity contribution in [2.24, 2.45) is 0 Å². The van der Waals surface area contributed by atoms with Gasteiger partial charge in [0.1, 0.15) is 0 Å². The zero-order valence-corrected chi connectivity index (χ0v) is 10.4. The molecule has 0 atom stereocenters.